The molecule has 7 nitrogen and oxygen atoms in total. The molecule has 0 saturated heterocycles. The van der Waals surface area contributed by atoms with Crippen LogP contribution in [0.3, 0.4) is 0 Å². The van der Waals surface area contributed by atoms with E-state index in [1.165, 1.54) is 7.11 Å². The molecule has 1 aliphatic rings. The van der Waals surface area contributed by atoms with Gasteiger partial charge in [0, 0.05) is 29.9 Å². The van der Waals surface area contributed by atoms with Gasteiger partial charge in [0.15, 0.2) is 18.1 Å². The minimum absolute atomic E-state index is 0.263. The lowest BCUT2D eigenvalue weighted by molar-refractivity contribution is -0.119. The number of aromatic nitrogens is 2. The van der Waals surface area contributed by atoms with Crippen molar-refractivity contribution in [1.29, 1.82) is 0 Å². The number of nitrogens with two attached hydrogens (primary N) is 1. The van der Waals surface area contributed by atoms with Crippen molar-refractivity contribution >= 4 is 17.5 Å². The number of hydrogen-bond donors (Lipinski definition) is 1. The SMILES string of the molecule is COc1cc(-c2nccn2-c2cccc3c2CCO3)cc(Cl)c1OCC(N)=O. The van der Waals surface area contributed by atoms with Gasteiger partial charge in [-0.2, -0.15) is 0 Å². The Morgan fingerprint density at radius 2 is 2.25 bits per heavy atom. The fourth-order valence-corrected chi connectivity index (χ4v) is 3.54. The third kappa shape index (κ3) is 3.25. The van der Waals surface area contributed by atoms with E-state index in [4.69, 9.17) is 31.5 Å². The van der Waals surface area contributed by atoms with Crippen LogP contribution in [0.1, 0.15) is 5.56 Å². The molecule has 28 heavy (non-hydrogen) atoms. The van der Waals surface area contributed by atoms with Gasteiger partial charge in [0.05, 0.1) is 24.4 Å². The Morgan fingerprint density at radius 3 is 3.04 bits per heavy atom. The van der Waals surface area contributed by atoms with Crippen LogP contribution < -0.4 is 19.9 Å². The van der Waals surface area contributed by atoms with Crippen molar-refractivity contribution in [3.05, 3.63) is 53.3 Å². The van der Waals surface area contributed by atoms with Crippen LogP contribution in [0, 0.1) is 0 Å². The maximum Gasteiger partial charge on any atom is 0.255 e. The number of fused-ring (bicyclic) bond motifs is 1. The summed E-state index contributed by atoms with van der Waals surface area (Å²) in [7, 11) is 1.50. The fourth-order valence-electron chi connectivity index (χ4n) is 3.27. The highest BCUT2D eigenvalue weighted by Crippen LogP contribution is 2.40. The molecule has 1 amide bonds. The summed E-state index contributed by atoms with van der Waals surface area (Å²) >= 11 is 6.39. The van der Waals surface area contributed by atoms with E-state index in [9.17, 15) is 4.79 Å². The number of nitrogens with zero attached hydrogens (tertiary/aromatic N) is 2. The Morgan fingerprint density at radius 1 is 1.39 bits per heavy atom. The first-order valence-corrected chi connectivity index (χ1v) is 9.03. The lowest BCUT2D eigenvalue weighted by Gasteiger charge is -2.15. The second-order valence-corrected chi connectivity index (χ2v) is 6.62. The number of halogens is 1. The normalized spacial score (nSPS) is 12.4. The number of carbonyl (C=O) groups is 1. The number of methoxy groups -OCH3 is 1. The average Bonchev–Trinajstić information content (AvgIpc) is 3.35. The van der Waals surface area contributed by atoms with E-state index < -0.39 is 5.91 Å². The Bertz CT molecular complexity index is 1050. The van der Waals surface area contributed by atoms with E-state index in [2.05, 4.69) is 4.98 Å². The van der Waals surface area contributed by atoms with Gasteiger partial charge in [-0.25, -0.2) is 4.98 Å². The monoisotopic (exact) mass is 399 g/mol. The van der Waals surface area contributed by atoms with Crippen LogP contribution in [0.5, 0.6) is 17.2 Å². The van der Waals surface area contributed by atoms with Crippen LogP contribution in [0.4, 0.5) is 0 Å². The molecule has 8 heteroatoms. The highest BCUT2D eigenvalue weighted by Gasteiger charge is 2.21. The topological polar surface area (TPSA) is 88.6 Å². The van der Waals surface area contributed by atoms with Crippen molar-refractivity contribution in [2.45, 2.75) is 6.42 Å². The number of amides is 1. The van der Waals surface area contributed by atoms with E-state index in [1.807, 2.05) is 29.0 Å². The van der Waals surface area contributed by atoms with Crippen molar-refractivity contribution in [3.63, 3.8) is 0 Å². The van der Waals surface area contributed by atoms with Gasteiger partial charge in [-0.15, -0.1) is 0 Å². The van der Waals surface area contributed by atoms with Crippen LogP contribution in [0.2, 0.25) is 5.02 Å². The molecule has 144 valence electrons. The Labute approximate surface area is 166 Å². The van der Waals surface area contributed by atoms with Gasteiger partial charge in [0.25, 0.3) is 5.91 Å². The summed E-state index contributed by atoms with van der Waals surface area (Å²) in [5, 5.41) is 0.298. The van der Waals surface area contributed by atoms with Gasteiger partial charge in [-0.05, 0) is 24.3 Å². The number of ether oxygens (including phenoxy) is 3. The number of carbonyl (C=O) groups excluding carboxylic acids is 1. The Hall–Kier alpha value is -3.19. The Balaban J connectivity index is 1.78. The van der Waals surface area contributed by atoms with Gasteiger partial charge < -0.3 is 19.9 Å². The maximum absolute atomic E-state index is 11.0. The van der Waals surface area contributed by atoms with Gasteiger partial charge >= 0.3 is 0 Å². The minimum Gasteiger partial charge on any atom is -0.493 e. The first kappa shape index (κ1) is 18.2. The average molecular weight is 400 g/mol. The van der Waals surface area contributed by atoms with E-state index in [1.54, 1.807) is 18.3 Å². The standard InChI is InChI=1S/C20H18ClN3O4/c1-26-17-10-12(9-14(21)19(17)28-11-18(22)25)20-23-6-7-24(20)15-3-2-4-16-13(15)5-8-27-16/h2-4,6-7,9-10H,5,8,11H2,1H3,(H2,22,25). The molecule has 0 atom stereocenters. The quantitative estimate of drug-likeness (QED) is 0.688. The largest absolute Gasteiger partial charge is 0.493 e. The molecule has 2 N–H and O–H groups in total. The summed E-state index contributed by atoms with van der Waals surface area (Å²) in [6, 6.07) is 9.44. The molecule has 0 spiro atoms. The minimum atomic E-state index is -0.599. The van der Waals surface area contributed by atoms with Gasteiger partial charge in [-0.1, -0.05) is 17.7 Å². The molecule has 4 rings (SSSR count). The van der Waals surface area contributed by atoms with Crippen LogP contribution >= 0.6 is 11.6 Å². The van der Waals surface area contributed by atoms with Crippen molar-refractivity contribution in [2.24, 2.45) is 5.73 Å². The smallest absolute Gasteiger partial charge is 0.255 e. The summed E-state index contributed by atoms with van der Waals surface area (Å²) in [5.41, 5.74) is 8.04. The van der Waals surface area contributed by atoms with E-state index in [0.29, 0.717) is 23.2 Å². The first-order chi connectivity index (χ1) is 13.6. The van der Waals surface area contributed by atoms with Crippen LogP contribution in [0.15, 0.2) is 42.7 Å². The molecular weight excluding hydrogens is 382 g/mol. The predicted octanol–water partition coefficient (Wildman–Crippen LogP) is 3.00. The Kier molecular flexibility index (Phi) is 4.83. The molecule has 0 fully saturated rings. The highest BCUT2D eigenvalue weighted by molar-refractivity contribution is 6.32. The molecule has 0 bridgehead atoms. The molecule has 0 unspecified atom stereocenters. The van der Waals surface area contributed by atoms with Crippen LogP contribution in [-0.4, -0.2) is 35.8 Å². The van der Waals surface area contributed by atoms with Crippen molar-refractivity contribution < 1.29 is 19.0 Å². The maximum atomic E-state index is 11.0. The predicted molar refractivity (Wildman–Crippen MR) is 104 cm³/mol. The molecule has 0 saturated carbocycles. The second kappa shape index (κ2) is 7.44. The van der Waals surface area contributed by atoms with E-state index >= 15 is 0 Å². The summed E-state index contributed by atoms with van der Waals surface area (Å²) in [4.78, 5) is 15.5. The molecule has 2 heterocycles. The number of hydrogen-bond acceptors (Lipinski definition) is 5. The fraction of sp³-hybridized carbons (Fsp3) is 0.200. The zero-order valence-electron chi connectivity index (χ0n) is 15.1. The zero-order chi connectivity index (χ0) is 19.7. The van der Waals surface area contributed by atoms with Crippen LogP contribution in [-0.2, 0) is 11.2 Å². The van der Waals surface area contributed by atoms with Crippen molar-refractivity contribution in [2.75, 3.05) is 20.3 Å². The summed E-state index contributed by atoms with van der Waals surface area (Å²) < 4.78 is 18.5. The first-order valence-electron chi connectivity index (χ1n) is 8.66. The van der Waals surface area contributed by atoms with Crippen molar-refractivity contribution in [3.8, 4) is 34.3 Å². The molecule has 1 aliphatic heterocycles. The molecule has 2 aromatic carbocycles. The van der Waals surface area contributed by atoms with E-state index in [-0.39, 0.29) is 12.4 Å². The van der Waals surface area contributed by atoms with Gasteiger partial charge in [0.2, 0.25) is 0 Å². The van der Waals surface area contributed by atoms with Crippen LogP contribution in [0.25, 0.3) is 17.1 Å². The lowest BCUT2D eigenvalue weighted by Crippen LogP contribution is -2.20. The van der Waals surface area contributed by atoms with E-state index in [0.717, 1.165) is 29.0 Å². The number of imidazole rings is 1. The molecule has 1 aromatic heterocycles. The highest BCUT2D eigenvalue weighted by atomic mass is 35.5. The lowest BCUT2D eigenvalue weighted by atomic mass is 10.1. The number of rotatable bonds is 6. The van der Waals surface area contributed by atoms with Gasteiger partial charge in [0.1, 0.15) is 11.6 Å². The number of benzene rings is 2. The summed E-state index contributed by atoms with van der Waals surface area (Å²) in [5.74, 6) is 1.64. The third-order valence-electron chi connectivity index (χ3n) is 4.46. The third-order valence-corrected chi connectivity index (χ3v) is 4.75. The molecular formula is C20H18ClN3O4. The zero-order valence-corrected chi connectivity index (χ0v) is 15.9. The van der Waals surface area contributed by atoms with Crippen molar-refractivity contribution in [1.82, 2.24) is 9.55 Å². The summed E-state index contributed by atoms with van der Waals surface area (Å²) in [6.45, 7) is 0.377. The molecule has 3 aromatic rings. The van der Waals surface area contributed by atoms with Gasteiger partial charge in [-0.3, -0.25) is 9.36 Å². The second-order valence-electron chi connectivity index (χ2n) is 6.22. The summed E-state index contributed by atoms with van der Waals surface area (Å²) in [6.07, 6.45) is 4.46. The molecule has 0 aliphatic carbocycles. The molecule has 0 radical (unpaired) electrons. The number of primary amides is 1.